The average molecular weight is 371 g/mol. The van der Waals surface area contributed by atoms with Gasteiger partial charge in [-0.15, -0.1) is 24.0 Å². The summed E-state index contributed by atoms with van der Waals surface area (Å²) in [6.07, 6.45) is 5.02. The molecule has 0 aromatic rings. The van der Waals surface area contributed by atoms with Gasteiger partial charge in [-0.3, -0.25) is 4.99 Å². The lowest BCUT2D eigenvalue weighted by Gasteiger charge is -2.16. The molecule has 0 fully saturated rings. The van der Waals surface area contributed by atoms with Crippen LogP contribution in [0, 0.1) is 0 Å². The van der Waals surface area contributed by atoms with E-state index in [1.54, 1.807) is 7.11 Å². The predicted octanol–water partition coefficient (Wildman–Crippen LogP) is 2.77. The van der Waals surface area contributed by atoms with Crippen LogP contribution in [0.3, 0.4) is 0 Å². The van der Waals surface area contributed by atoms with Gasteiger partial charge in [-0.1, -0.05) is 26.2 Å². The number of ether oxygens (including phenoxy) is 1. The molecule has 18 heavy (non-hydrogen) atoms. The average Bonchev–Trinajstić information content (AvgIpc) is 2.29. The minimum absolute atomic E-state index is 0. The molecule has 2 N–H and O–H groups in total. The van der Waals surface area contributed by atoms with E-state index < -0.39 is 0 Å². The minimum atomic E-state index is 0. The summed E-state index contributed by atoms with van der Waals surface area (Å²) >= 11 is 0. The van der Waals surface area contributed by atoms with Crippen molar-refractivity contribution in [2.75, 3.05) is 26.8 Å². The maximum absolute atomic E-state index is 5.09. The van der Waals surface area contributed by atoms with Crippen LogP contribution >= 0.6 is 24.0 Å². The number of hydrogen-bond donors (Lipinski definition) is 2. The summed E-state index contributed by atoms with van der Waals surface area (Å²) in [5, 5.41) is 6.57. The highest BCUT2D eigenvalue weighted by Gasteiger charge is 2.03. The summed E-state index contributed by atoms with van der Waals surface area (Å²) in [4.78, 5) is 4.55. The molecule has 0 saturated heterocycles. The van der Waals surface area contributed by atoms with Crippen LogP contribution in [-0.2, 0) is 4.74 Å². The standard InChI is InChI=1S/C13H29N3O.HI/c1-5-7-8-9-10-15-13(14-6-2)16-12(3)11-17-4;/h12H,5-11H2,1-4H3,(H2,14,15,16);1H. The van der Waals surface area contributed by atoms with Crippen LogP contribution in [-0.4, -0.2) is 38.8 Å². The Balaban J connectivity index is 0. The molecule has 0 saturated carbocycles. The molecule has 0 aliphatic rings. The summed E-state index contributed by atoms with van der Waals surface area (Å²) in [7, 11) is 1.72. The normalized spacial score (nSPS) is 12.8. The van der Waals surface area contributed by atoms with Gasteiger partial charge in [0.15, 0.2) is 5.96 Å². The molecule has 0 aromatic heterocycles. The molecule has 5 heteroatoms. The van der Waals surface area contributed by atoms with E-state index in [1.165, 1.54) is 25.7 Å². The van der Waals surface area contributed by atoms with Crippen LogP contribution in [0.5, 0.6) is 0 Å². The second-order valence-corrected chi connectivity index (χ2v) is 4.32. The SMILES string of the molecule is CCCCCCN=C(NCC)NC(C)COC.I. The highest BCUT2D eigenvalue weighted by molar-refractivity contribution is 14.0. The fraction of sp³-hybridized carbons (Fsp3) is 0.923. The Morgan fingerprint density at radius 2 is 1.94 bits per heavy atom. The first-order chi connectivity index (χ1) is 8.24. The van der Waals surface area contributed by atoms with Crippen molar-refractivity contribution in [2.24, 2.45) is 4.99 Å². The molecule has 0 bridgehead atoms. The molecule has 4 nitrogen and oxygen atoms in total. The van der Waals surface area contributed by atoms with Gasteiger partial charge in [-0.25, -0.2) is 0 Å². The van der Waals surface area contributed by atoms with Gasteiger partial charge >= 0.3 is 0 Å². The zero-order valence-corrected chi connectivity index (χ0v) is 14.6. The van der Waals surface area contributed by atoms with Crippen LogP contribution in [0.2, 0.25) is 0 Å². The molecule has 0 spiro atoms. The molecule has 0 amide bonds. The van der Waals surface area contributed by atoms with E-state index in [1.807, 2.05) is 0 Å². The van der Waals surface area contributed by atoms with E-state index >= 15 is 0 Å². The second kappa shape index (κ2) is 15.0. The maximum Gasteiger partial charge on any atom is 0.191 e. The number of unbranched alkanes of at least 4 members (excludes halogenated alkanes) is 3. The lowest BCUT2D eigenvalue weighted by molar-refractivity contribution is 0.179. The first-order valence-corrected chi connectivity index (χ1v) is 6.78. The smallest absolute Gasteiger partial charge is 0.191 e. The van der Waals surface area contributed by atoms with Crippen molar-refractivity contribution in [1.82, 2.24) is 10.6 Å². The van der Waals surface area contributed by atoms with Crippen LogP contribution < -0.4 is 10.6 Å². The van der Waals surface area contributed by atoms with Gasteiger partial charge in [-0.2, -0.15) is 0 Å². The molecule has 1 unspecified atom stereocenters. The van der Waals surface area contributed by atoms with Crippen molar-refractivity contribution in [3.05, 3.63) is 0 Å². The summed E-state index contributed by atoms with van der Waals surface area (Å²) in [6, 6.07) is 0.286. The summed E-state index contributed by atoms with van der Waals surface area (Å²) in [5.74, 6) is 0.897. The Bertz CT molecular complexity index is 201. The van der Waals surface area contributed by atoms with Crippen molar-refractivity contribution < 1.29 is 4.74 Å². The van der Waals surface area contributed by atoms with Gasteiger partial charge in [0, 0.05) is 26.2 Å². The number of methoxy groups -OCH3 is 1. The summed E-state index contributed by atoms with van der Waals surface area (Å²) < 4.78 is 5.09. The molecule has 1 atom stereocenters. The van der Waals surface area contributed by atoms with E-state index in [2.05, 4.69) is 36.4 Å². The third-order valence-electron chi connectivity index (χ3n) is 2.43. The highest BCUT2D eigenvalue weighted by Crippen LogP contribution is 1.98. The predicted molar refractivity (Wildman–Crippen MR) is 90.0 cm³/mol. The largest absolute Gasteiger partial charge is 0.383 e. The molecular weight excluding hydrogens is 341 g/mol. The Kier molecular flexibility index (Phi) is 16.9. The zero-order chi connectivity index (χ0) is 12.9. The molecule has 0 rings (SSSR count). The van der Waals surface area contributed by atoms with Crippen LogP contribution in [0.15, 0.2) is 4.99 Å². The first kappa shape index (κ1) is 20.3. The Morgan fingerprint density at radius 3 is 2.50 bits per heavy atom. The molecule has 0 aliphatic heterocycles. The van der Waals surface area contributed by atoms with Crippen LogP contribution in [0.25, 0.3) is 0 Å². The second-order valence-electron chi connectivity index (χ2n) is 4.32. The lowest BCUT2D eigenvalue weighted by Crippen LogP contribution is -2.44. The molecule has 110 valence electrons. The van der Waals surface area contributed by atoms with Crippen molar-refractivity contribution in [1.29, 1.82) is 0 Å². The Hall–Kier alpha value is -0.0400. The van der Waals surface area contributed by atoms with E-state index in [-0.39, 0.29) is 30.0 Å². The van der Waals surface area contributed by atoms with E-state index in [9.17, 15) is 0 Å². The third kappa shape index (κ3) is 12.4. The molecule has 0 aromatic carbocycles. The van der Waals surface area contributed by atoms with E-state index in [0.717, 1.165) is 19.0 Å². The fourth-order valence-corrected chi connectivity index (χ4v) is 1.57. The van der Waals surface area contributed by atoms with Crippen molar-refractivity contribution in [3.8, 4) is 0 Å². The summed E-state index contributed by atoms with van der Waals surface area (Å²) in [5.41, 5.74) is 0. The minimum Gasteiger partial charge on any atom is -0.383 e. The molecule has 0 radical (unpaired) electrons. The lowest BCUT2D eigenvalue weighted by atomic mass is 10.2. The fourth-order valence-electron chi connectivity index (χ4n) is 1.57. The number of halogens is 1. The number of nitrogens with zero attached hydrogens (tertiary/aromatic N) is 1. The first-order valence-electron chi connectivity index (χ1n) is 6.78. The monoisotopic (exact) mass is 371 g/mol. The van der Waals surface area contributed by atoms with Crippen LogP contribution in [0.4, 0.5) is 0 Å². The van der Waals surface area contributed by atoms with Gasteiger partial charge in [0.1, 0.15) is 0 Å². The number of hydrogen-bond acceptors (Lipinski definition) is 2. The Morgan fingerprint density at radius 1 is 1.22 bits per heavy atom. The van der Waals surface area contributed by atoms with Crippen molar-refractivity contribution in [2.45, 2.75) is 52.5 Å². The topological polar surface area (TPSA) is 45.7 Å². The molecular formula is C13H30IN3O. The van der Waals surface area contributed by atoms with Gasteiger partial charge in [0.25, 0.3) is 0 Å². The van der Waals surface area contributed by atoms with E-state index in [4.69, 9.17) is 4.74 Å². The number of aliphatic imine (C=N–C) groups is 1. The maximum atomic E-state index is 5.09. The quantitative estimate of drug-likeness (QED) is 0.284. The highest BCUT2D eigenvalue weighted by atomic mass is 127. The Labute approximate surface area is 129 Å². The third-order valence-corrected chi connectivity index (χ3v) is 2.43. The van der Waals surface area contributed by atoms with Gasteiger partial charge < -0.3 is 15.4 Å². The van der Waals surface area contributed by atoms with Crippen molar-refractivity contribution in [3.63, 3.8) is 0 Å². The molecule has 0 aliphatic carbocycles. The summed E-state index contributed by atoms with van der Waals surface area (Å²) in [6.45, 7) is 8.87. The molecule has 0 heterocycles. The number of nitrogens with one attached hydrogen (secondary N) is 2. The van der Waals surface area contributed by atoms with Crippen LogP contribution in [0.1, 0.15) is 46.5 Å². The number of guanidine groups is 1. The van der Waals surface area contributed by atoms with Gasteiger partial charge in [-0.05, 0) is 20.3 Å². The van der Waals surface area contributed by atoms with E-state index in [0.29, 0.717) is 6.61 Å². The van der Waals surface area contributed by atoms with Gasteiger partial charge in [0.2, 0.25) is 0 Å². The zero-order valence-electron chi connectivity index (χ0n) is 12.3. The number of rotatable bonds is 9. The van der Waals surface area contributed by atoms with Crippen molar-refractivity contribution >= 4 is 29.9 Å². The van der Waals surface area contributed by atoms with Gasteiger partial charge in [0.05, 0.1) is 6.61 Å².